The van der Waals surface area contributed by atoms with Crippen LogP contribution in [-0.2, 0) is 24.1 Å². The van der Waals surface area contributed by atoms with E-state index >= 15 is 0 Å². The molecule has 5 nitrogen and oxygen atoms in total. The van der Waals surface area contributed by atoms with Gasteiger partial charge in [-0.25, -0.2) is 9.78 Å². The Morgan fingerprint density at radius 3 is 2.50 bits per heavy atom. The molecule has 1 aliphatic heterocycles. The molecule has 148 valence electrons. The van der Waals surface area contributed by atoms with Crippen molar-refractivity contribution in [3.63, 3.8) is 0 Å². The third kappa shape index (κ3) is 4.27. The van der Waals surface area contributed by atoms with Gasteiger partial charge >= 0.3 is 5.97 Å². The zero-order valence-electron chi connectivity index (χ0n) is 16.0. The molecule has 0 atom stereocenters. The fourth-order valence-electron chi connectivity index (χ4n) is 4.15. The van der Waals surface area contributed by atoms with Crippen LogP contribution >= 0.6 is 11.3 Å². The Labute approximate surface area is 169 Å². The minimum Gasteiger partial charge on any atom is -0.478 e. The van der Waals surface area contributed by atoms with E-state index in [1.807, 2.05) is 16.2 Å². The molecule has 6 heteroatoms. The van der Waals surface area contributed by atoms with Crippen molar-refractivity contribution >= 4 is 23.2 Å². The number of aromatic carboxylic acids is 1. The van der Waals surface area contributed by atoms with Crippen molar-refractivity contribution in [1.29, 1.82) is 0 Å². The Bertz CT molecular complexity index is 828. The molecule has 0 radical (unpaired) electrons. The lowest BCUT2D eigenvalue weighted by molar-refractivity contribution is -0.132. The second kappa shape index (κ2) is 8.43. The van der Waals surface area contributed by atoms with Crippen LogP contribution in [0.1, 0.15) is 69.5 Å². The minimum atomic E-state index is -0.924. The first kappa shape index (κ1) is 19.1. The van der Waals surface area contributed by atoms with E-state index in [2.05, 4.69) is 0 Å². The Kier molecular flexibility index (Phi) is 5.76. The molecule has 1 fully saturated rings. The van der Waals surface area contributed by atoms with Crippen LogP contribution in [0.5, 0.6) is 0 Å². The molecular weight excluding hydrogens is 372 g/mol. The fraction of sp³-hybridized carbons (Fsp3) is 0.500. The summed E-state index contributed by atoms with van der Waals surface area (Å²) in [4.78, 5) is 31.9. The molecule has 4 rings (SSSR count). The first-order valence-electron chi connectivity index (χ1n) is 10.2. The van der Waals surface area contributed by atoms with Gasteiger partial charge in [0.15, 0.2) is 0 Å². The monoisotopic (exact) mass is 398 g/mol. The number of piperidine rings is 1. The van der Waals surface area contributed by atoms with Gasteiger partial charge in [0.05, 0.1) is 16.3 Å². The SMILES string of the molecule is O=C(O)c1ccc(CCC(=O)N2CCC(c3nc4c(s3)CCCC4)CC2)cc1. The Morgan fingerprint density at radius 2 is 1.82 bits per heavy atom. The van der Waals surface area contributed by atoms with Crippen molar-refractivity contribution in [3.8, 4) is 0 Å². The highest BCUT2D eigenvalue weighted by Gasteiger charge is 2.27. The number of fused-ring (bicyclic) bond motifs is 1. The number of carboxylic acid groups (broad SMARTS) is 1. The number of benzene rings is 1. The van der Waals surface area contributed by atoms with Crippen molar-refractivity contribution < 1.29 is 14.7 Å². The quantitative estimate of drug-likeness (QED) is 0.825. The highest BCUT2D eigenvalue weighted by molar-refractivity contribution is 7.11. The number of amides is 1. The molecule has 1 amide bonds. The second-order valence-electron chi connectivity index (χ2n) is 7.79. The number of rotatable bonds is 5. The highest BCUT2D eigenvalue weighted by Crippen LogP contribution is 2.35. The standard InChI is InChI=1S/C22H26N2O3S/c25-20(10-7-15-5-8-17(9-6-15)22(26)27)24-13-11-16(12-14-24)21-23-18-3-1-2-4-19(18)28-21/h5-6,8-9,16H,1-4,7,10-14H2,(H,26,27). The molecule has 2 aliphatic rings. The van der Waals surface area contributed by atoms with Crippen molar-refractivity contribution in [3.05, 3.63) is 51.0 Å². The van der Waals surface area contributed by atoms with Gasteiger partial charge in [0, 0.05) is 30.3 Å². The first-order chi connectivity index (χ1) is 13.6. The van der Waals surface area contributed by atoms with Gasteiger partial charge in [-0.15, -0.1) is 11.3 Å². The van der Waals surface area contributed by atoms with Gasteiger partial charge in [-0.3, -0.25) is 4.79 Å². The van der Waals surface area contributed by atoms with Crippen LogP contribution in [-0.4, -0.2) is 40.0 Å². The lowest BCUT2D eigenvalue weighted by atomic mass is 9.96. The van der Waals surface area contributed by atoms with Crippen molar-refractivity contribution in [1.82, 2.24) is 9.88 Å². The molecule has 1 aromatic carbocycles. The second-order valence-corrected chi connectivity index (χ2v) is 8.90. The molecule has 1 saturated heterocycles. The van der Waals surface area contributed by atoms with E-state index in [0.29, 0.717) is 18.8 Å². The summed E-state index contributed by atoms with van der Waals surface area (Å²) < 4.78 is 0. The van der Waals surface area contributed by atoms with Crippen LogP contribution in [0.25, 0.3) is 0 Å². The minimum absolute atomic E-state index is 0.194. The van der Waals surface area contributed by atoms with Crippen LogP contribution in [0.3, 0.4) is 0 Å². The van der Waals surface area contributed by atoms with E-state index in [4.69, 9.17) is 10.1 Å². The largest absolute Gasteiger partial charge is 0.478 e. The maximum atomic E-state index is 12.6. The van der Waals surface area contributed by atoms with E-state index < -0.39 is 5.97 Å². The average Bonchev–Trinajstić information content (AvgIpc) is 3.16. The first-order valence-corrected chi connectivity index (χ1v) is 11.0. The van der Waals surface area contributed by atoms with Gasteiger partial charge in [0.1, 0.15) is 0 Å². The lowest BCUT2D eigenvalue weighted by Gasteiger charge is -2.31. The molecule has 2 heterocycles. The summed E-state index contributed by atoms with van der Waals surface area (Å²) in [6.07, 6.45) is 8.02. The summed E-state index contributed by atoms with van der Waals surface area (Å²) in [6.45, 7) is 1.62. The molecule has 0 unspecified atom stereocenters. The summed E-state index contributed by atoms with van der Waals surface area (Å²) >= 11 is 1.91. The van der Waals surface area contributed by atoms with Crippen molar-refractivity contribution in [2.75, 3.05) is 13.1 Å². The smallest absolute Gasteiger partial charge is 0.335 e. The summed E-state index contributed by atoms with van der Waals surface area (Å²) in [7, 11) is 0. The lowest BCUT2D eigenvalue weighted by Crippen LogP contribution is -2.38. The van der Waals surface area contributed by atoms with Gasteiger partial charge in [0.25, 0.3) is 0 Å². The summed E-state index contributed by atoms with van der Waals surface area (Å²) in [5, 5.41) is 10.2. The predicted molar refractivity (Wildman–Crippen MR) is 109 cm³/mol. The van der Waals surface area contributed by atoms with Gasteiger partial charge in [-0.1, -0.05) is 12.1 Å². The van der Waals surface area contributed by atoms with E-state index in [0.717, 1.165) is 37.9 Å². The Hall–Kier alpha value is -2.21. The number of carboxylic acids is 1. The number of hydrogen-bond donors (Lipinski definition) is 1. The average molecular weight is 399 g/mol. The number of aryl methyl sites for hydroxylation is 3. The van der Waals surface area contributed by atoms with Crippen LogP contribution in [0.2, 0.25) is 0 Å². The number of nitrogens with zero attached hydrogens (tertiary/aromatic N) is 2. The number of carbonyl (C=O) groups is 2. The molecule has 0 saturated carbocycles. The van der Waals surface area contributed by atoms with Gasteiger partial charge in [-0.05, 0) is 62.6 Å². The van der Waals surface area contributed by atoms with Crippen LogP contribution in [0.4, 0.5) is 0 Å². The van der Waals surface area contributed by atoms with Gasteiger partial charge < -0.3 is 10.0 Å². The maximum absolute atomic E-state index is 12.6. The van der Waals surface area contributed by atoms with Gasteiger partial charge in [0.2, 0.25) is 5.91 Å². The molecule has 28 heavy (non-hydrogen) atoms. The van der Waals surface area contributed by atoms with Crippen LogP contribution in [0.15, 0.2) is 24.3 Å². The normalized spacial score (nSPS) is 17.4. The molecule has 1 N–H and O–H groups in total. The molecule has 1 aliphatic carbocycles. The number of likely N-dealkylation sites (tertiary alicyclic amines) is 1. The fourth-order valence-corrected chi connectivity index (χ4v) is 5.47. The van der Waals surface area contributed by atoms with Crippen LogP contribution in [0, 0.1) is 0 Å². The van der Waals surface area contributed by atoms with Crippen molar-refractivity contribution in [2.24, 2.45) is 0 Å². The third-order valence-corrected chi connectivity index (χ3v) is 7.21. The summed E-state index contributed by atoms with van der Waals surface area (Å²) in [5.41, 5.74) is 2.61. The summed E-state index contributed by atoms with van der Waals surface area (Å²) in [5.74, 6) is -0.228. The maximum Gasteiger partial charge on any atom is 0.335 e. The Balaban J connectivity index is 1.27. The molecular formula is C22H26N2O3S. The molecule has 1 aromatic heterocycles. The van der Waals surface area contributed by atoms with Gasteiger partial charge in [-0.2, -0.15) is 0 Å². The topological polar surface area (TPSA) is 70.5 Å². The van der Waals surface area contributed by atoms with Crippen molar-refractivity contribution in [2.45, 2.75) is 57.3 Å². The zero-order valence-corrected chi connectivity index (χ0v) is 16.8. The number of carbonyl (C=O) groups excluding carboxylic acids is 1. The molecule has 2 aromatic rings. The number of hydrogen-bond acceptors (Lipinski definition) is 4. The number of thiazole rings is 1. The molecule has 0 bridgehead atoms. The summed E-state index contributed by atoms with van der Waals surface area (Å²) in [6, 6.07) is 6.79. The molecule has 0 spiro atoms. The predicted octanol–water partition coefficient (Wildman–Crippen LogP) is 4.06. The van der Waals surface area contributed by atoms with E-state index in [-0.39, 0.29) is 11.5 Å². The third-order valence-electron chi connectivity index (χ3n) is 5.89. The number of aromatic nitrogens is 1. The van der Waals surface area contributed by atoms with E-state index in [1.165, 1.54) is 34.8 Å². The highest BCUT2D eigenvalue weighted by atomic mass is 32.1. The van der Waals surface area contributed by atoms with Crippen LogP contribution < -0.4 is 0 Å². The van der Waals surface area contributed by atoms with E-state index in [9.17, 15) is 9.59 Å². The Morgan fingerprint density at radius 1 is 1.11 bits per heavy atom. The zero-order chi connectivity index (χ0) is 19.5. The van der Waals surface area contributed by atoms with E-state index in [1.54, 1.807) is 24.3 Å².